The minimum absolute atomic E-state index is 0.0891. The first-order valence-corrected chi connectivity index (χ1v) is 3.76. The lowest BCUT2D eigenvalue weighted by Gasteiger charge is -2.17. The number of hydrogen-bond donors (Lipinski definition) is 2. The van der Waals surface area contributed by atoms with Gasteiger partial charge >= 0.3 is 0 Å². The van der Waals surface area contributed by atoms with Crippen LogP contribution in [0.25, 0.3) is 0 Å². The van der Waals surface area contributed by atoms with Crippen molar-refractivity contribution in [3.05, 3.63) is 0 Å². The molecular weight excluding hydrogens is 136 g/mol. The maximum absolute atomic E-state index is 4.26. The molecule has 0 fully saturated rings. The zero-order valence-corrected chi connectivity index (χ0v) is 7.47. The summed E-state index contributed by atoms with van der Waals surface area (Å²) < 4.78 is -0.0891. The third kappa shape index (κ3) is 6.70. The molecule has 0 bridgehead atoms. The first kappa shape index (κ1) is 8.70. The fourth-order valence-corrected chi connectivity index (χ4v) is 1.50. The highest BCUT2D eigenvalue weighted by molar-refractivity contribution is 8.00. The van der Waals surface area contributed by atoms with Crippen molar-refractivity contribution in [1.29, 1.82) is 0 Å². The van der Waals surface area contributed by atoms with E-state index in [1.165, 1.54) is 0 Å². The van der Waals surface area contributed by atoms with Gasteiger partial charge in [0.1, 0.15) is 0 Å². The van der Waals surface area contributed by atoms with Gasteiger partial charge in [0, 0.05) is 0 Å². The molecule has 0 atom stereocenters. The Labute approximate surface area is 62.9 Å². The van der Waals surface area contributed by atoms with Gasteiger partial charge in [0.15, 0.2) is 0 Å². The molecular formula is C6H14S2. The minimum atomic E-state index is -0.0891. The molecule has 0 radical (unpaired) electrons. The average Bonchev–Trinajstić information content (AvgIpc) is 1.21. The van der Waals surface area contributed by atoms with E-state index in [0.29, 0.717) is 5.92 Å². The van der Waals surface area contributed by atoms with Gasteiger partial charge in [-0.15, -0.1) is 0 Å². The minimum Gasteiger partial charge on any atom is -0.162 e. The molecule has 50 valence electrons. The summed E-state index contributed by atoms with van der Waals surface area (Å²) in [6, 6.07) is 0. The highest BCUT2D eigenvalue weighted by Crippen LogP contribution is 2.26. The van der Waals surface area contributed by atoms with E-state index in [0.717, 1.165) is 6.42 Å². The van der Waals surface area contributed by atoms with Crippen LogP contribution < -0.4 is 0 Å². The molecule has 0 saturated heterocycles. The fraction of sp³-hybridized carbons (Fsp3) is 1.00. The molecule has 0 heterocycles. The second kappa shape index (κ2) is 3.02. The first-order valence-electron chi connectivity index (χ1n) is 2.86. The fourth-order valence-electron chi connectivity index (χ4n) is 0.773. The number of hydrogen-bond acceptors (Lipinski definition) is 2. The molecule has 0 aromatic heterocycles. The second-order valence-corrected chi connectivity index (χ2v) is 5.14. The zero-order valence-electron chi connectivity index (χ0n) is 5.68. The third-order valence-corrected chi connectivity index (χ3v) is 1.16. The maximum atomic E-state index is 4.26. The summed E-state index contributed by atoms with van der Waals surface area (Å²) in [5.41, 5.74) is 0. The molecule has 0 saturated carbocycles. The van der Waals surface area contributed by atoms with Gasteiger partial charge in [0.25, 0.3) is 0 Å². The molecule has 0 N–H and O–H groups in total. The van der Waals surface area contributed by atoms with Crippen molar-refractivity contribution in [2.75, 3.05) is 0 Å². The SMILES string of the molecule is CC(C)CC(C)(S)S. The molecule has 8 heavy (non-hydrogen) atoms. The first-order chi connectivity index (χ1) is 3.42. The van der Waals surface area contributed by atoms with Crippen LogP contribution >= 0.6 is 25.3 Å². The predicted octanol–water partition coefficient (Wildman–Crippen LogP) is 2.61. The summed E-state index contributed by atoms with van der Waals surface area (Å²) in [5.74, 6) is 0.690. The van der Waals surface area contributed by atoms with Crippen LogP contribution in [0.3, 0.4) is 0 Å². The standard InChI is InChI=1S/C6H14S2/c1-5(2)4-6(3,7)8/h5,7-8H,4H2,1-3H3. The Hall–Kier alpha value is 0.700. The van der Waals surface area contributed by atoms with Crippen molar-refractivity contribution >= 4 is 25.3 Å². The summed E-state index contributed by atoms with van der Waals surface area (Å²) in [6.45, 7) is 6.36. The molecule has 0 aliphatic heterocycles. The van der Waals surface area contributed by atoms with Crippen LogP contribution in [-0.4, -0.2) is 4.08 Å². The van der Waals surface area contributed by atoms with Crippen LogP contribution in [0.5, 0.6) is 0 Å². The monoisotopic (exact) mass is 150 g/mol. The molecule has 0 aliphatic carbocycles. The van der Waals surface area contributed by atoms with E-state index in [9.17, 15) is 0 Å². The Bertz CT molecular complexity index is 61.4. The van der Waals surface area contributed by atoms with Gasteiger partial charge in [0.05, 0.1) is 4.08 Å². The van der Waals surface area contributed by atoms with E-state index in [-0.39, 0.29) is 4.08 Å². The Morgan fingerprint density at radius 1 is 1.38 bits per heavy atom. The van der Waals surface area contributed by atoms with Gasteiger partial charge in [-0.2, -0.15) is 25.3 Å². The van der Waals surface area contributed by atoms with E-state index in [4.69, 9.17) is 0 Å². The van der Waals surface area contributed by atoms with Gasteiger partial charge in [-0.1, -0.05) is 13.8 Å². The second-order valence-electron chi connectivity index (χ2n) is 2.81. The van der Waals surface area contributed by atoms with Crippen molar-refractivity contribution in [3.63, 3.8) is 0 Å². The van der Waals surface area contributed by atoms with Crippen LogP contribution in [0.15, 0.2) is 0 Å². The number of rotatable bonds is 2. The van der Waals surface area contributed by atoms with E-state index < -0.39 is 0 Å². The summed E-state index contributed by atoms with van der Waals surface area (Å²) >= 11 is 8.52. The van der Waals surface area contributed by atoms with Gasteiger partial charge in [-0.05, 0) is 19.3 Å². The van der Waals surface area contributed by atoms with Crippen LogP contribution in [0.2, 0.25) is 0 Å². The molecule has 0 amide bonds. The summed E-state index contributed by atoms with van der Waals surface area (Å²) in [6.07, 6.45) is 1.05. The van der Waals surface area contributed by atoms with Crippen LogP contribution in [0.4, 0.5) is 0 Å². The largest absolute Gasteiger partial charge is 0.162 e. The highest BCUT2D eigenvalue weighted by Gasteiger charge is 2.13. The van der Waals surface area contributed by atoms with E-state index in [1.807, 2.05) is 6.92 Å². The maximum Gasteiger partial charge on any atom is 0.0526 e. The molecule has 0 aliphatic rings. The molecule has 0 spiro atoms. The van der Waals surface area contributed by atoms with Gasteiger partial charge in [0.2, 0.25) is 0 Å². The van der Waals surface area contributed by atoms with E-state index in [1.54, 1.807) is 0 Å². The summed E-state index contributed by atoms with van der Waals surface area (Å²) in [7, 11) is 0. The van der Waals surface area contributed by atoms with Gasteiger partial charge in [-0.3, -0.25) is 0 Å². The van der Waals surface area contributed by atoms with Crippen LogP contribution in [0.1, 0.15) is 27.2 Å². The van der Waals surface area contributed by atoms with E-state index >= 15 is 0 Å². The summed E-state index contributed by atoms with van der Waals surface area (Å²) in [5, 5.41) is 0. The lowest BCUT2D eigenvalue weighted by molar-refractivity contribution is 0.569. The quantitative estimate of drug-likeness (QED) is 0.439. The molecule has 0 unspecified atom stereocenters. The lowest BCUT2D eigenvalue weighted by Crippen LogP contribution is -2.09. The zero-order chi connectivity index (χ0) is 6.78. The van der Waals surface area contributed by atoms with Crippen LogP contribution in [-0.2, 0) is 0 Å². The topological polar surface area (TPSA) is 0 Å². The van der Waals surface area contributed by atoms with Gasteiger partial charge in [-0.25, -0.2) is 0 Å². The van der Waals surface area contributed by atoms with Crippen LogP contribution in [0, 0.1) is 5.92 Å². The smallest absolute Gasteiger partial charge is 0.0526 e. The highest BCUT2D eigenvalue weighted by atomic mass is 32.2. The van der Waals surface area contributed by atoms with Gasteiger partial charge < -0.3 is 0 Å². The van der Waals surface area contributed by atoms with Crippen molar-refractivity contribution in [2.24, 2.45) is 5.92 Å². The van der Waals surface area contributed by atoms with E-state index in [2.05, 4.69) is 39.1 Å². The number of thiol groups is 2. The molecule has 2 heteroatoms. The van der Waals surface area contributed by atoms with Crippen molar-refractivity contribution in [2.45, 2.75) is 31.3 Å². The summed E-state index contributed by atoms with van der Waals surface area (Å²) in [4.78, 5) is 0. The Morgan fingerprint density at radius 3 is 1.75 bits per heavy atom. The Kier molecular flexibility index (Phi) is 3.28. The lowest BCUT2D eigenvalue weighted by atomic mass is 10.1. The van der Waals surface area contributed by atoms with Crippen molar-refractivity contribution < 1.29 is 0 Å². The van der Waals surface area contributed by atoms with Crippen molar-refractivity contribution in [3.8, 4) is 0 Å². The Morgan fingerprint density at radius 2 is 1.75 bits per heavy atom. The predicted molar refractivity (Wildman–Crippen MR) is 45.8 cm³/mol. The third-order valence-electron chi connectivity index (χ3n) is 0.795. The molecule has 0 nitrogen and oxygen atoms in total. The Balaban J connectivity index is 3.39. The molecule has 0 rings (SSSR count). The average molecular weight is 150 g/mol. The van der Waals surface area contributed by atoms with Crippen molar-refractivity contribution in [1.82, 2.24) is 0 Å². The molecule has 0 aromatic carbocycles. The molecule has 0 aromatic rings. The normalized spacial score (nSPS) is 12.8.